The second-order valence-corrected chi connectivity index (χ2v) is 22.8. The van der Waals surface area contributed by atoms with Crippen molar-refractivity contribution < 1.29 is 38.1 Å². The van der Waals surface area contributed by atoms with Gasteiger partial charge in [-0.15, -0.1) is 0 Å². The Labute approximate surface area is 307 Å². The van der Waals surface area contributed by atoms with E-state index in [1.165, 1.54) is 5.57 Å². The summed E-state index contributed by atoms with van der Waals surface area (Å²) in [6.45, 7) is 25.6. The molecule has 0 aromatic heterocycles. The Kier molecular flexibility index (Phi) is 11.7. The van der Waals surface area contributed by atoms with Crippen LogP contribution in [0.1, 0.15) is 101 Å². The van der Waals surface area contributed by atoms with Gasteiger partial charge in [0.05, 0.1) is 31.3 Å². The highest BCUT2D eigenvalue weighted by Crippen LogP contribution is 2.50. The Hall–Kier alpha value is -2.14. The van der Waals surface area contributed by atoms with E-state index in [0.717, 1.165) is 17.6 Å². The second kappa shape index (κ2) is 14.9. The first-order chi connectivity index (χ1) is 23.7. The van der Waals surface area contributed by atoms with Crippen LogP contribution in [0.3, 0.4) is 0 Å². The molecule has 9 heteroatoms. The molecule has 51 heavy (non-hydrogen) atoms. The minimum absolute atomic E-state index is 0.0626. The molecule has 0 unspecified atom stereocenters. The Balaban J connectivity index is 1.55. The van der Waals surface area contributed by atoms with Crippen molar-refractivity contribution in [2.45, 2.75) is 161 Å². The minimum atomic E-state index is -2.29. The number of hydrogen-bond donors (Lipinski definition) is 1. The van der Waals surface area contributed by atoms with E-state index in [-0.39, 0.29) is 48.2 Å². The van der Waals surface area contributed by atoms with Crippen molar-refractivity contribution >= 4 is 20.1 Å². The van der Waals surface area contributed by atoms with E-state index < -0.39 is 56.0 Å². The number of Topliss-reactive ketones (excluding diaryl/α,β-unsaturated/α-hetero) is 1. The van der Waals surface area contributed by atoms with Crippen LogP contribution in [-0.2, 0) is 33.0 Å². The number of hydrogen-bond acceptors (Lipinski definition) is 8. The number of ether oxygens (including phenoxy) is 4. The van der Waals surface area contributed by atoms with Crippen LogP contribution in [0.5, 0.6) is 0 Å². The lowest BCUT2D eigenvalue weighted by molar-refractivity contribution is -0.319. The van der Waals surface area contributed by atoms with E-state index in [0.29, 0.717) is 24.3 Å². The maximum atomic E-state index is 14.5. The highest BCUT2D eigenvalue weighted by molar-refractivity contribution is 6.74. The summed E-state index contributed by atoms with van der Waals surface area (Å²) in [5, 5.41) is 12.8. The van der Waals surface area contributed by atoms with E-state index in [4.69, 9.17) is 23.4 Å². The van der Waals surface area contributed by atoms with Crippen LogP contribution in [0.25, 0.3) is 0 Å². The average molecular weight is 725 g/mol. The molecule has 8 nitrogen and oxygen atoms in total. The van der Waals surface area contributed by atoms with Gasteiger partial charge in [-0.3, -0.25) is 9.59 Å². The molecule has 284 valence electrons. The molecule has 4 heterocycles. The third kappa shape index (κ3) is 8.34. The first kappa shape index (κ1) is 40.1. The van der Waals surface area contributed by atoms with Crippen molar-refractivity contribution in [1.82, 2.24) is 0 Å². The molecular weight excluding hydrogens is 661 g/mol. The molecule has 1 N–H and O–H groups in total. The van der Waals surface area contributed by atoms with Crippen molar-refractivity contribution in [1.29, 1.82) is 0 Å². The summed E-state index contributed by atoms with van der Waals surface area (Å²) >= 11 is 0. The van der Waals surface area contributed by atoms with E-state index in [1.54, 1.807) is 0 Å². The number of carbonyl (C=O) groups excluding carboxylic acids is 2. The molecule has 0 aromatic carbocycles. The SMILES string of the molecule is CC1=C[C@H]2C(=O)O[C@H]3C[C@@H](C/C=C(/C)C[C@@H](C)/C=C\C=C4CO[C@H]([C@@H]1O[Si](C)(C)C(C)(C)C)[C@@]42O)O[C@@]1(CC(=O)[C@H](C)[C@@H](/C(C)=C/C(C)C)O1)C3. The van der Waals surface area contributed by atoms with Crippen LogP contribution in [0.2, 0.25) is 18.1 Å². The normalized spacial score (nSPS) is 40.3. The van der Waals surface area contributed by atoms with Gasteiger partial charge in [-0.2, -0.15) is 0 Å². The van der Waals surface area contributed by atoms with Crippen LogP contribution in [0, 0.1) is 23.7 Å². The lowest BCUT2D eigenvalue weighted by Gasteiger charge is -2.50. The standard InChI is InChI=1S/C42H64O8Si/c1-25(2)18-28(5)36-30(7)35(43)23-41(49-36)22-33-21-32(48-41)17-16-27(4)19-26(3)14-13-15-31-24-46-38-37(50-51(11,12)40(8,9)10)29(6)20-34(39(44)47-33)42(31,38)45/h13-16,18,20,25-26,30,32-34,36-38,45H,17,19,21-24H2,1-12H3/b14-13-,27-16-,28-18+,31-15?/t26-,30-,32+,33-,34-,36+,37+,38+,41-,42+/m0/s1. The molecule has 10 atom stereocenters. The number of fused-ring (bicyclic) bond motifs is 2. The van der Waals surface area contributed by atoms with Crippen molar-refractivity contribution in [3.63, 3.8) is 0 Å². The van der Waals surface area contributed by atoms with Crippen molar-refractivity contribution in [3.8, 4) is 0 Å². The summed E-state index contributed by atoms with van der Waals surface area (Å²) in [7, 11) is -2.29. The fourth-order valence-corrected chi connectivity index (χ4v) is 9.62. The Morgan fingerprint density at radius 3 is 2.49 bits per heavy atom. The number of ketones is 1. The maximum absolute atomic E-state index is 14.5. The number of aliphatic hydroxyl groups is 1. The maximum Gasteiger partial charge on any atom is 0.316 e. The third-order valence-corrected chi connectivity index (χ3v) is 16.6. The summed E-state index contributed by atoms with van der Waals surface area (Å²) in [4.78, 5) is 28.1. The lowest BCUT2D eigenvalue weighted by atomic mass is 9.71. The van der Waals surface area contributed by atoms with E-state index >= 15 is 0 Å². The van der Waals surface area contributed by atoms with Gasteiger partial charge < -0.3 is 28.5 Å². The molecule has 5 aliphatic rings. The summed E-state index contributed by atoms with van der Waals surface area (Å²) in [6.07, 6.45) is 11.8. The molecule has 0 saturated carbocycles. The Morgan fingerprint density at radius 1 is 1.12 bits per heavy atom. The van der Waals surface area contributed by atoms with Gasteiger partial charge in [0.2, 0.25) is 0 Å². The molecule has 4 aliphatic heterocycles. The number of carbonyl (C=O) groups is 2. The van der Waals surface area contributed by atoms with Gasteiger partial charge in [-0.25, -0.2) is 0 Å². The number of esters is 1. The second-order valence-electron chi connectivity index (χ2n) is 18.1. The molecule has 3 fully saturated rings. The predicted octanol–water partition coefficient (Wildman–Crippen LogP) is 8.33. The first-order valence-corrected chi connectivity index (χ1v) is 22.1. The molecule has 1 aliphatic carbocycles. The molecule has 0 amide bonds. The molecule has 3 saturated heterocycles. The molecule has 0 aromatic rings. The van der Waals surface area contributed by atoms with Gasteiger partial charge >= 0.3 is 5.97 Å². The van der Waals surface area contributed by atoms with Crippen LogP contribution in [0.4, 0.5) is 0 Å². The minimum Gasteiger partial charge on any atom is -0.462 e. The monoisotopic (exact) mass is 724 g/mol. The van der Waals surface area contributed by atoms with Gasteiger partial charge in [-0.05, 0) is 80.3 Å². The van der Waals surface area contributed by atoms with Gasteiger partial charge in [0.25, 0.3) is 0 Å². The largest absolute Gasteiger partial charge is 0.462 e. The van der Waals surface area contributed by atoms with Gasteiger partial charge in [0.1, 0.15) is 29.5 Å². The quantitative estimate of drug-likeness (QED) is 0.176. The van der Waals surface area contributed by atoms with Crippen molar-refractivity contribution in [2.24, 2.45) is 23.7 Å². The van der Waals surface area contributed by atoms with E-state index in [2.05, 4.69) is 79.8 Å². The highest BCUT2D eigenvalue weighted by Gasteiger charge is 2.62. The van der Waals surface area contributed by atoms with Gasteiger partial charge in [-0.1, -0.05) is 90.5 Å². The first-order valence-electron chi connectivity index (χ1n) is 19.2. The Bertz CT molecular complexity index is 1500. The van der Waals surface area contributed by atoms with E-state index in [1.807, 2.05) is 39.0 Å². The predicted molar refractivity (Wildman–Crippen MR) is 202 cm³/mol. The van der Waals surface area contributed by atoms with Crippen molar-refractivity contribution in [2.75, 3.05) is 6.61 Å². The summed E-state index contributed by atoms with van der Waals surface area (Å²) < 4.78 is 33.3. The van der Waals surface area contributed by atoms with Gasteiger partial charge in [0.15, 0.2) is 14.1 Å². The summed E-state index contributed by atoms with van der Waals surface area (Å²) in [5.41, 5.74) is 2.05. The van der Waals surface area contributed by atoms with Crippen LogP contribution in [-0.4, -0.2) is 73.7 Å². The fourth-order valence-electron chi connectivity index (χ4n) is 8.32. The number of allylic oxidation sites excluding steroid dienone is 5. The molecule has 5 rings (SSSR count). The average Bonchev–Trinajstić information content (AvgIpc) is 3.34. The van der Waals surface area contributed by atoms with E-state index in [9.17, 15) is 14.7 Å². The zero-order chi connectivity index (χ0) is 37.7. The molecule has 2 bridgehead atoms. The highest BCUT2D eigenvalue weighted by atomic mass is 28.4. The molecular formula is C42H64O8Si. The summed E-state index contributed by atoms with van der Waals surface area (Å²) in [6, 6.07) is 0. The smallest absolute Gasteiger partial charge is 0.316 e. The van der Waals surface area contributed by atoms with Crippen LogP contribution in [0.15, 0.2) is 58.7 Å². The Morgan fingerprint density at radius 2 is 1.82 bits per heavy atom. The fraction of sp³-hybridized carbons (Fsp3) is 0.714. The molecule has 0 radical (unpaired) electrons. The summed E-state index contributed by atoms with van der Waals surface area (Å²) in [5.74, 6) is -2.45. The lowest BCUT2D eigenvalue weighted by Crippen LogP contribution is -2.61. The van der Waals surface area contributed by atoms with Gasteiger partial charge in [0, 0.05) is 18.8 Å². The molecule has 1 spiro atoms. The van der Waals surface area contributed by atoms with Crippen LogP contribution < -0.4 is 0 Å². The zero-order valence-electron chi connectivity index (χ0n) is 33.2. The third-order valence-electron chi connectivity index (χ3n) is 12.1. The topological polar surface area (TPSA) is 101 Å². The van der Waals surface area contributed by atoms with Crippen LogP contribution >= 0.6 is 0 Å². The van der Waals surface area contributed by atoms with Crippen molar-refractivity contribution in [3.05, 3.63) is 58.7 Å². The zero-order valence-corrected chi connectivity index (χ0v) is 34.2. The number of rotatable bonds is 4.